The molecule has 0 amide bonds. The number of imidazole rings is 1. The Labute approximate surface area is 120 Å². The van der Waals surface area contributed by atoms with Gasteiger partial charge in [-0.05, 0) is 44.7 Å². The van der Waals surface area contributed by atoms with Gasteiger partial charge in [-0.3, -0.25) is 0 Å². The second kappa shape index (κ2) is 5.46. The van der Waals surface area contributed by atoms with Gasteiger partial charge in [-0.2, -0.15) is 4.31 Å². The Morgan fingerprint density at radius 1 is 1.45 bits per heavy atom. The van der Waals surface area contributed by atoms with Crippen LogP contribution in [0.1, 0.15) is 25.7 Å². The van der Waals surface area contributed by atoms with E-state index in [0.29, 0.717) is 12.5 Å². The molecule has 1 atom stereocenters. The number of nitrogens with zero attached hydrogens (tertiary/aromatic N) is 3. The van der Waals surface area contributed by atoms with Gasteiger partial charge < -0.3 is 9.88 Å². The standard InChI is InChI=1S/C13H22N4O2S/c1-16-9-13(15-10-16)20(18,19)17(12-4-5-12)8-11-3-2-6-14-7-11/h9-12,14H,2-8H2,1H3. The number of nitrogens with one attached hydrogen (secondary N) is 1. The van der Waals surface area contributed by atoms with Crippen LogP contribution < -0.4 is 5.32 Å². The fourth-order valence-electron chi connectivity index (χ4n) is 2.78. The zero-order valence-corrected chi connectivity index (χ0v) is 12.6. The lowest BCUT2D eigenvalue weighted by Crippen LogP contribution is -2.42. The Morgan fingerprint density at radius 3 is 2.80 bits per heavy atom. The Morgan fingerprint density at radius 2 is 2.25 bits per heavy atom. The number of sulfonamides is 1. The molecule has 112 valence electrons. The summed E-state index contributed by atoms with van der Waals surface area (Å²) in [5.41, 5.74) is 0. The van der Waals surface area contributed by atoms with Crippen molar-refractivity contribution in [3.63, 3.8) is 0 Å². The van der Waals surface area contributed by atoms with Crippen molar-refractivity contribution in [2.24, 2.45) is 13.0 Å². The predicted molar refractivity (Wildman–Crippen MR) is 75.7 cm³/mol. The number of hydrogen-bond donors (Lipinski definition) is 1. The third-order valence-corrected chi connectivity index (χ3v) is 5.85. The smallest absolute Gasteiger partial charge is 0.262 e. The third kappa shape index (κ3) is 2.89. The summed E-state index contributed by atoms with van der Waals surface area (Å²) >= 11 is 0. The summed E-state index contributed by atoms with van der Waals surface area (Å²) in [6.07, 6.45) is 7.32. The van der Waals surface area contributed by atoms with Crippen molar-refractivity contribution < 1.29 is 8.42 Å². The van der Waals surface area contributed by atoms with Crippen LogP contribution in [0.4, 0.5) is 0 Å². The first kappa shape index (κ1) is 14.0. The molecule has 1 aromatic heterocycles. The molecule has 1 saturated carbocycles. The van der Waals surface area contributed by atoms with E-state index < -0.39 is 10.0 Å². The quantitative estimate of drug-likeness (QED) is 0.863. The third-order valence-electron chi connectivity index (χ3n) is 4.05. The summed E-state index contributed by atoms with van der Waals surface area (Å²) in [7, 11) is -1.65. The highest BCUT2D eigenvalue weighted by molar-refractivity contribution is 7.89. The Kier molecular flexibility index (Phi) is 3.83. The predicted octanol–water partition coefficient (Wildman–Crippen LogP) is 0.573. The van der Waals surface area contributed by atoms with Gasteiger partial charge in [-0.15, -0.1) is 0 Å². The molecule has 7 heteroatoms. The van der Waals surface area contributed by atoms with Crippen LogP contribution in [0.15, 0.2) is 17.6 Å². The van der Waals surface area contributed by atoms with Crippen molar-refractivity contribution in [1.29, 1.82) is 0 Å². The van der Waals surface area contributed by atoms with Gasteiger partial charge in [0.05, 0.1) is 6.33 Å². The number of rotatable bonds is 5. The average Bonchev–Trinajstić information content (AvgIpc) is 3.17. The van der Waals surface area contributed by atoms with Gasteiger partial charge in [0.1, 0.15) is 0 Å². The van der Waals surface area contributed by atoms with Gasteiger partial charge in [0.25, 0.3) is 10.0 Å². The van der Waals surface area contributed by atoms with E-state index in [1.165, 1.54) is 0 Å². The molecule has 6 nitrogen and oxygen atoms in total. The van der Waals surface area contributed by atoms with Gasteiger partial charge >= 0.3 is 0 Å². The highest BCUT2D eigenvalue weighted by atomic mass is 32.2. The maximum Gasteiger partial charge on any atom is 0.262 e. The molecule has 1 N–H and O–H groups in total. The minimum atomic E-state index is -3.44. The van der Waals surface area contributed by atoms with Crippen LogP contribution in [0, 0.1) is 5.92 Å². The molecule has 0 radical (unpaired) electrons. The molecule has 1 aromatic rings. The average molecular weight is 298 g/mol. The SMILES string of the molecule is Cn1cnc(S(=O)(=O)N(CC2CCCNC2)C2CC2)c1. The normalized spacial score (nSPS) is 24.2. The summed E-state index contributed by atoms with van der Waals surface area (Å²) in [5.74, 6) is 0.419. The fraction of sp³-hybridized carbons (Fsp3) is 0.769. The number of aryl methyl sites for hydroxylation is 1. The molecule has 0 bridgehead atoms. The van der Waals surface area contributed by atoms with Gasteiger partial charge in [-0.1, -0.05) is 0 Å². The fourth-order valence-corrected chi connectivity index (χ4v) is 4.51. The first-order valence-electron chi connectivity index (χ1n) is 7.28. The highest BCUT2D eigenvalue weighted by Gasteiger charge is 2.40. The summed E-state index contributed by atoms with van der Waals surface area (Å²) in [5, 5.41) is 3.53. The summed E-state index contributed by atoms with van der Waals surface area (Å²) in [6.45, 7) is 2.59. The van der Waals surface area contributed by atoms with Crippen molar-refractivity contribution in [2.45, 2.75) is 36.8 Å². The van der Waals surface area contributed by atoms with E-state index in [2.05, 4.69) is 10.3 Å². The van der Waals surface area contributed by atoms with Crippen LogP contribution in [-0.2, 0) is 17.1 Å². The second-order valence-corrected chi connectivity index (χ2v) is 7.73. The van der Waals surface area contributed by atoms with Crippen molar-refractivity contribution in [3.05, 3.63) is 12.5 Å². The highest BCUT2D eigenvalue weighted by Crippen LogP contribution is 2.33. The van der Waals surface area contributed by atoms with Crippen molar-refractivity contribution in [2.75, 3.05) is 19.6 Å². The van der Waals surface area contributed by atoms with E-state index in [1.54, 1.807) is 28.4 Å². The van der Waals surface area contributed by atoms with Crippen molar-refractivity contribution in [1.82, 2.24) is 19.2 Å². The van der Waals surface area contributed by atoms with E-state index in [1.807, 2.05) is 0 Å². The molecule has 20 heavy (non-hydrogen) atoms. The maximum absolute atomic E-state index is 12.7. The topological polar surface area (TPSA) is 67.2 Å². The molecular formula is C13H22N4O2S. The van der Waals surface area contributed by atoms with Crippen LogP contribution in [0.25, 0.3) is 0 Å². The molecule has 2 heterocycles. The summed E-state index contributed by atoms with van der Waals surface area (Å²) < 4.78 is 28.8. The molecular weight excluding hydrogens is 276 g/mol. The van der Waals surface area contributed by atoms with E-state index in [9.17, 15) is 8.42 Å². The lowest BCUT2D eigenvalue weighted by atomic mass is 10.00. The number of piperidine rings is 1. The van der Waals surface area contributed by atoms with Crippen LogP contribution in [0.3, 0.4) is 0 Å². The van der Waals surface area contributed by atoms with Crippen LogP contribution in [0.2, 0.25) is 0 Å². The lowest BCUT2D eigenvalue weighted by Gasteiger charge is -2.29. The van der Waals surface area contributed by atoms with Crippen molar-refractivity contribution in [3.8, 4) is 0 Å². The Bertz CT molecular complexity index is 559. The van der Waals surface area contributed by atoms with E-state index >= 15 is 0 Å². The van der Waals surface area contributed by atoms with E-state index in [0.717, 1.165) is 38.8 Å². The van der Waals surface area contributed by atoms with E-state index in [-0.39, 0.29) is 11.1 Å². The molecule has 0 aromatic carbocycles. The molecule has 1 unspecified atom stereocenters. The molecule has 1 aliphatic heterocycles. The summed E-state index contributed by atoms with van der Waals surface area (Å²) in [4.78, 5) is 4.03. The monoisotopic (exact) mass is 298 g/mol. The van der Waals surface area contributed by atoms with Gasteiger partial charge in [0, 0.05) is 25.8 Å². The first-order valence-corrected chi connectivity index (χ1v) is 8.72. The maximum atomic E-state index is 12.7. The molecule has 2 fully saturated rings. The van der Waals surface area contributed by atoms with Gasteiger partial charge in [0.15, 0.2) is 5.03 Å². The lowest BCUT2D eigenvalue weighted by molar-refractivity contribution is 0.286. The zero-order valence-electron chi connectivity index (χ0n) is 11.8. The van der Waals surface area contributed by atoms with Crippen LogP contribution in [-0.4, -0.2) is 48.0 Å². The number of aromatic nitrogens is 2. The minimum absolute atomic E-state index is 0.177. The van der Waals surface area contributed by atoms with Crippen LogP contribution in [0.5, 0.6) is 0 Å². The molecule has 0 spiro atoms. The number of hydrogen-bond acceptors (Lipinski definition) is 4. The second-order valence-electron chi connectivity index (χ2n) is 5.90. The Hall–Kier alpha value is -0.920. The van der Waals surface area contributed by atoms with Crippen molar-refractivity contribution >= 4 is 10.0 Å². The zero-order chi connectivity index (χ0) is 14.2. The largest absolute Gasteiger partial charge is 0.339 e. The summed E-state index contributed by atoms with van der Waals surface area (Å²) in [6, 6.07) is 0.184. The van der Waals surface area contributed by atoms with E-state index in [4.69, 9.17) is 0 Å². The minimum Gasteiger partial charge on any atom is -0.339 e. The molecule has 3 rings (SSSR count). The van der Waals surface area contributed by atoms with Crippen LogP contribution >= 0.6 is 0 Å². The molecule has 1 saturated heterocycles. The molecule has 2 aliphatic rings. The first-order chi connectivity index (χ1) is 9.57. The van der Waals surface area contributed by atoms with Gasteiger partial charge in [-0.25, -0.2) is 13.4 Å². The van der Waals surface area contributed by atoms with Gasteiger partial charge in [0.2, 0.25) is 0 Å². The Balaban J connectivity index is 1.79. The molecule has 1 aliphatic carbocycles.